The summed E-state index contributed by atoms with van der Waals surface area (Å²) < 4.78 is 0. The summed E-state index contributed by atoms with van der Waals surface area (Å²) in [4.78, 5) is 6.85. The Labute approximate surface area is 91.3 Å². The van der Waals surface area contributed by atoms with E-state index in [1.54, 1.807) is 0 Å². The lowest BCUT2D eigenvalue weighted by Crippen LogP contribution is -2.22. The van der Waals surface area contributed by atoms with Crippen molar-refractivity contribution in [3.05, 3.63) is 23.9 Å². The van der Waals surface area contributed by atoms with Gasteiger partial charge in [0.2, 0.25) is 0 Å². The zero-order chi connectivity index (χ0) is 10.7. The van der Waals surface area contributed by atoms with Gasteiger partial charge in [0.05, 0.1) is 0 Å². The summed E-state index contributed by atoms with van der Waals surface area (Å²) in [6, 6.07) is 6.31. The Balaban J connectivity index is 2.02. The van der Waals surface area contributed by atoms with Crippen LogP contribution in [-0.4, -0.2) is 25.1 Å². The van der Waals surface area contributed by atoms with Gasteiger partial charge in [-0.15, -0.1) is 0 Å². The van der Waals surface area contributed by atoms with Gasteiger partial charge in [-0.3, -0.25) is 0 Å². The summed E-state index contributed by atoms with van der Waals surface area (Å²) in [6.07, 6.45) is 3.64. The van der Waals surface area contributed by atoms with Gasteiger partial charge >= 0.3 is 0 Å². The number of nitrogens with two attached hydrogens (primary N) is 1. The van der Waals surface area contributed by atoms with Crippen LogP contribution in [-0.2, 0) is 0 Å². The summed E-state index contributed by atoms with van der Waals surface area (Å²) in [5.74, 6) is 1.81. The number of anilines is 1. The van der Waals surface area contributed by atoms with Crippen LogP contribution >= 0.6 is 0 Å². The van der Waals surface area contributed by atoms with Crippen molar-refractivity contribution in [2.75, 3.05) is 25.0 Å². The molecule has 0 aromatic carbocycles. The normalized spacial score (nSPS) is 15.3. The molecule has 2 rings (SSSR count). The molecule has 1 aromatic heterocycles. The second kappa shape index (κ2) is 4.62. The highest BCUT2D eigenvalue weighted by Gasteiger charge is 2.25. The van der Waals surface area contributed by atoms with Crippen LogP contribution in [0.1, 0.15) is 30.9 Å². The Morgan fingerprint density at radius 1 is 1.47 bits per heavy atom. The van der Waals surface area contributed by atoms with Gasteiger partial charge in [0.1, 0.15) is 5.82 Å². The summed E-state index contributed by atoms with van der Waals surface area (Å²) in [6.45, 7) is 1.73. The molecule has 0 atom stereocenters. The molecule has 1 aliphatic carbocycles. The molecule has 0 aliphatic heterocycles. The molecule has 15 heavy (non-hydrogen) atoms. The van der Waals surface area contributed by atoms with Gasteiger partial charge in [-0.1, -0.05) is 6.07 Å². The number of aromatic nitrogens is 1. The van der Waals surface area contributed by atoms with Gasteiger partial charge < -0.3 is 10.6 Å². The lowest BCUT2D eigenvalue weighted by Gasteiger charge is -2.18. The molecule has 1 saturated carbocycles. The zero-order valence-corrected chi connectivity index (χ0v) is 9.32. The maximum atomic E-state index is 5.50. The molecule has 1 heterocycles. The standard InChI is InChI=1S/C12H19N3/c1-15(9-3-8-13)12-5-2-4-11(14-12)10-6-7-10/h2,4-5,10H,3,6-9,13H2,1H3. The lowest BCUT2D eigenvalue weighted by molar-refractivity contribution is 0.783. The minimum atomic E-state index is 0.729. The fraction of sp³-hybridized carbons (Fsp3) is 0.583. The van der Waals surface area contributed by atoms with E-state index in [0.29, 0.717) is 0 Å². The minimum absolute atomic E-state index is 0.729. The second-order valence-electron chi connectivity index (χ2n) is 4.26. The van der Waals surface area contributed by atoms with Crippen LogP contribution in [0.25, 0.3) is 0 Å². The Morgan fingerprint density at radius 2 is 2.27 bits per heavy atom. The molecule has 0 bridgehead atoms. The Kier molecular flexibility index (Phi) is 3.21. The van der Waals surface area contributed by atoms with Gasteiger partial charge in [-0.25, -0.2) is 4.98 Å². The maximum Gasteiger partial charge on any atom is 0.128 e. The van der Waals surface area contributed by atoms with Crippen LogP contribution in [0.5, 0.6) is 0 Å². The van der Waals surface area contributed by atoms with E-state index < -0.39 is 0 Å². The van der Waals surface area contributed by atoms with Crippen molar-refractivity contribution < 1.29 is 0 Å². The van der Waals surface area contributed by atoms with E-state index in [1.807, 2.05) is 0 Å². The molecule has 3 heteroatoms. The second-order valence-corrected chi connectivity index (χ2v) is 4.26. The highest BCUT2D eigenvalue weighted by Crippen LogP contribution is 2.39. The summed E-state index contributed by atoms with van der Waals surface area (Å²) in [5.41, 5.74) is 6.75. The third-order valence-corrected chi connectivity index (χ3v) is 2.84. The van der Waals surface area contributed by atoms with Gasteiger partial charge in [0.15, 0.2) is 0 Å². The van der Waals surface area contributed by atoms with Gasteiger partial charge in [0, 0.05) is 25.2 Å². The molecule has 1 fully saturated rings. The predicted molar refractivity (Wildman–Crippen MR) is 63.2 cm³/mol. The average Bonchev–Trinajstić information content (AvgIpc) is 3.10. The molecule has 0 spiro atoms. The first kappa shape index (κ1) is 10.4. The van der Waals surface area contributed by atoms with E-state index in [1.165, 1.54) is 18.5 Å². The van der Waals surface area contributed by atoms with Gasteiger partial charge in [-0.2, -0.15) is 0 Å². The first-order valence-electron chi connectivity index (χ1n) is 5.69. The maximum absolute atomic E-state index is 5.50. The van der Waals surface area contributed by atoms with Crippen molar-refractivity contribution in [1.82, 2.24) is 4.98 Å². The average molecular weight is 205 g/mol. The quantitative estimate of drug-likeness (QED) is 0.796. The van der Waals surface area contributed by atoms with E-state index in [2.05, 4.69) is 35.1 Å². The van der Waals surface area contributed by atoms with Crippen LogP contribution in [0.2, 0.25) is 0 Å². The molecule has 0 amide bonds. The van der Waals surface area contributed by atoms with Crippen molar-refractivity contribution in [3.8, 4) is 0 Å². The summed E-state index contributed by atoms with van der Waals surface area (Å²) in [5, 5.41) is 0. The van der Waals surface area contributed by atoms with Crippen LogP contribution in [0.15, 0.2) is 18.2 Å². The van der Waals surface area contributed by atoms with Crippen molar-refractivity contribution in [2.45, 2.75) is 25.2 Å². The monoisotopic (exact) mass is 205 g/mol. The van der Waals surface area contributed by atoms with E-state index in [9.17, 15) is 0 Å². The molecule has 0 unspecified atom stereocenters. The predicted octanol–water partition coefficient (Wildman–Crippen LogP) is 1.74. The minimum Gasteiger partial charge on any atom is -0.360 e. The number of hydrogen-bond acceptors (Lipinski definition) is 3. The molecule has 1 aromatic rings. The highest BCUT2D eigenvalue weighted by molar-refractivity contribution is 5.39. The molecular formula is C12H19N3. The molecule has 2 N–H and O–H groups in total. The molecule has 1 aliphatic rings. The number of hydrogen-bond donors (Lipinski definition) is 1. The fourth-order valence-electron chi connectivity index (χ4n) is 1.70. The number of pyridine rings is 1. The smallest absolute Gasteiger partial charge is 0.128 e. The third-order valence-electron chi connectivity index (χ3n) is 2.84. The molecule has 0 saturated heterocycles. The van der Waals surface area contributed by atoms with Crippen molar-refractivity contribution in [3.63, 3.8) is 0 Å². The van der Waals surface area contributed by atoms with Crippen molar-refractivity contribution in [2.24, 2.45) is 5.73 Å². The molecular weight excluding hydrogens is 186 g/mol. The summed E-state index contributed by atoms with van der Waals surface area (Å²) in [7, 11) is 2.08. The Bertz CT molecular complexity index is 320. The van der Waals surface area contributed by atoms with Gasteiger partial charge in [0.25, 0.3) is 0 Å². The van der Waals surface area contributed by atoms with E-state index in [0.717, 1.165) is 31.2 Å². The van der Waals surface area contributed by atoms with E-state index in [4.69, 9.17) is 5.73 Å². The first-order chi connectivity index (χ1) is 7.31. The number of nitrogens with zero attached hydrogens (tertiary/aromatic N) is 2. The fourth-order valence-corrected chi connectivity index (χ4v) is 1.70. The molecule has 82 valence electrons. The van der Waals surface area contributed by atoms with E-state index >= 15 is 0 Å². The third kappa shape index (κ3) is 2.69. The first-order valence-corrected chi connectivity index (χ1v) is 5.69. The largest absolute Gasteiger partial charge is 0.360 e. The van der Waals surface area contributed by atoms with E-state index in [-0.39, 0.29) is 0 Å². The van der Waals surface area contributed by atoms with Crippen LogP contribution in [0, 0.1) is 0 Å². The zero-order valence-electron chi connectivity index (χ0n) is 9.32. The Morgan fingerprint density at radius 3 is 2.93 bits per heavy atom. The van der Waals surface area contributed by atoms with Crippen molar-refractivity contribution in [1.29, 1.82) is 0 Å². The topological polar surface area (TPSA) is 42.1 Å². The van der Waals surface area contributed by atoms with Crippen LogP contribution in [0.4, 0.5) is 5.82 Å². The summed E-state index contributed by atoms with van der Waals surface area (Å²) >= 11 is 0. The number of rotatable bonds is 5. The molecule has 0 radical (unpaired) electrons. The van der Waals surface area contributed by atoms with Gasteiger partial charge in [-0.05, 0) is 37.9 Å². The van der Waals surface area contributed by atoms with Crippen LogP contribution < -0.4 is 10.6 Å². The Hall–Kier alpha value is -1.09. The van der Waals surface area contributed by atoms with Crippen molar-refractivity contribution >= 4 is 5.82 Å². The highest BCUT2D eigenvalue weighted by atomic mass is 15.2. The van der Waals surface area contributed by atoms with Crippen LogP contribution in [0.3, 0.4) is 0 Å². The lowest BCUT2D eigenvalue weighted by atomic mass is 10.2. The SMILES string of the molecule is CN(CCCN)c1cccc(C2CC2)n1. The molecule has 3 nitrogen and oxygen atoms in total.